The number of hydrogen-bond donors (Lipinski definition) is 4. The molecule has 0 unspecified atom stereocenters. The SMILES string of the molecule is O=C(COc1c(I)cc(I)c(-c2c(I)cc(I)c(N(CCOCCO)C(=O)CO)c2I)c1I)NCCOCCO. The van der Waals surface area contributed by atoms with Crippen LogP contribution in [0.4, 0.5) is 5.69 Å². The topological polar surface area (TPSA) is 138 Å². The lowest BCUT2D eigenvalue weighted by molar-refractivity contribution is -0.123. The molecule has 16 heteroatoms. The van der Waals surface area contributed by atoms with E-state index >= 15 is 0 Å². The second-order valence-electron chi connectivity index (χ2n) is 7.75. The maximum absolute atomic E-state index is 12.8. The number of hydrogen-bond acceptors (Lipinski definition) is 8. The maximum atomic E-state index is 12.8. The predicted molar refractivity (Wildman–Crippen MR) is 202 cm³/mol. The van der Waals surface area contributed by atoms with Gasteiger partial charge in [-0.05, 0) is 148 Å². The summed E-state index contributed by atoms with van der Waals surface area (Å²) in [5.41, 5.74) is 2.48. The number of aliphatic hydroxyl groups excluding tert-OH is 3. The second kappa shape index (κ2) is 19.7. The third-order valence-electron chi connectivity index (χ3n) is 5.08. The van der Waals surface area contributed by atoms with Crippen LogP contribution in [-0.2, 0) is 19.1 Å². The van der Waals surface area contributed by atoms with Gasteiger partial charge in [-0.15, -0.1) is 0 Å². The summed E-state index contributed by atoms with van der Waals surface area (Å²) in [6.45, 7) is 0.370. The van der Waals surface area contributed by atoms with Gasteiger partial charge in [-0.3, -0.25) is 9.59 Å². The summed E-state index contributed by atoms with van der Waals surface area (Å²) in [6.07, 6.45) is 0. The quantitative estimate of drug-likeness (QED) is 0.147. The Bertz CT molecular complexity index is 1190. The third kappa shape index (κ3) is 10.8. The summed E-state index contributed by atoms with van der Waals surface area (Å²) in [6, 6.07) is 3.97. The number of carbonyl (C=O) groups is 2. The van der Waals surface area contributed by atoms with Crippen molar-refractivity contribution in [2.45, 2.75) is 0 Å². The van der Waals surface area contributed by atoms with Crippen LogP contribution in [0.3, 0.4) is 0 Å². The van der Waals surface area contributed by atoms with Crippen molar-refractivity contribution in [1.82, 2.24) is 5.32 Å². The van der Waals surface area contributed by atoms with Crippen molar-refractivity contribution in [2.75, 3.05) is 70.8 Å². The van der Waals surface area contributed by atoms with E-state index in [0.29, 0.717) is 24.6 Å². The molecule has 0 aromatic heterocycles. The molecule has 4 N–H and O–H groups in total. The Kier molecular flexibility index (Phi) is 18.5. The molecule has 2 rings (SSSR count). The molecule has 2 aromatic carbocycles. The summed E-state index contributed by atoms with van der Waals surface area (Å²) >= 11 is 13.4. The average Bonchev–Trinajstić information content (AvgIpc) is 2.90. The van der Waals surface area contributed by atoms with Crippen LogP contribution in [0.5, 0.6) is 5.75 Å². The normalized spacial score (nSPS) is 11.0. The van der Waals surface area contributed by atoms with Crippen molar-refractivity contribution in [1.29, 1.82) is 0 Å². The standard InChI is InChI=1S/C24H26I6N2O8/c25-13-9-15(27)23(32(18(37)11-35)2-6-39-8-4-34)21(29)19(13)20-14(26)10-16(28)24(22(20)30)40-12-17(36)31-1-5-38-7-3-33/h9-10,33-35H,1-8,11-12H2,(H,31,36). The van der Waals surface area contributed by atoms with Gasteiger partial charge in [0.1, 0.15) is 12.4 Å². The number of nitrogens with one attached hydrogen (secondary N) is 1. The van der Waals surface area contributed by atoms with Crippen LogP contribution in [0, 0.1) is 21.4 Å². The molecule has 0 saturated heterocycles. The largest absolute Gasteiger partial charge is 0.482 e. The van der Waals surface area contributed by atoms with Crippen LogP contribution in [0.2, 0.25) is 0 Å². The molecule has 222 valence electrons. The number of anilines is 1. The van der Waals surface area contributed by atoms with E-state index in [1.165, 1.54) is 4.90 Å². The molecule has 0 bridgehead atoms. The molecule has 0 fully saturated rings. The third-order valence-corrected chi connectivity index (χ3v) is 10.5. The summed E-state index contributed by atoms with van der Waals surface area (Å²) in [4.78, 5) is 26.7. The van der Waals surface area contributed by atoms with Crippen LogP contribution < -0.4 is 15.0 Å². The number of carbonyl (C=O) groups excluding carboxylic acids is 2. The lowest BCUT2D eigenvalue weighted by Crippen LogP contribution is -2.37. The van der Waals surface area contributed by atoms with Crippen LogP contribution in [0.15, 0.2) is 12.1 Å². The van der Waals surface area contributed by atoms with E-state index in [0.717, 1.165) is 32.5 Å². The van der Waals surface area contributed by atoms with Crippen molar-refractivity contribution in [3.63, 3.8) is 0 Å². The van der Waals surface area contributed by atoms with Gasteiger partial charge in [0.25, 0.3) is 11.8 Å². The van der Waals surface area contributed by atoms with E-state index in [1.807, 2.05) is 12.1 Å². The van der Waals surface area contributed by atoms with E-state index in [2.05, 4.69) is 141 Å². The highest BCUT2D eigenvalue weighted by Gasteiger charge is 2.27. The summed E-state index contributed by atoms with van der Waals surface area (Å²) in [7, 11) is 0. The van der Waals surface area contributed by atoms with Crippen molar-refractivity contribution in [3.05, 3.63) is 33.6 Å². The highest BCUT2D eigenvalue weighted by Crippen LogP contribution is 2.46. The number of nitrogens with zero attached hydrogens (tertiary/aromatic N) is 1. The fraction of sp³-hybridized carbons (Fsp3) is 0.417. The Labute approximate surface area is 314 Å². The molecule has 0 heterocycles. The maximum Gasteiger partial charge on any atom is 0.258 e. The summed E-state index contributed by atoms with van der Waals surface area (Å²) in [5, 5.41) is 30.2. The van der Waals surface area contributed by atoms with Crippen molar-refractivity contribution < 1.29 is 39.1 Å². The first-order valence-corrected chi connectivity index (χ1v) is 18.1. The van der Waals surface area contributed by atoms with Gasteiger partial charge in [-0.1, -0.05) is 0 Å². The number of aliphatic hydroxyl groups is 3. The van der Waals surface area contributed by atoms with Crippen molar-refractivity contribution in [2.24, 2.45) is 0 Å². The Balaban J connectivity index is 2.46. The predicted octanol–water partition coefficient (Wildman–Crippen LogP) is 3.82. The summed E-state index contributed by atoms with van der Waals surface area (Å²) in [5.74, 6) is -0.170. The molecule has 0 aliphatic rings. The Morgan fingerprint density at radius 1 is 0.775 bits per heavy atom. The molecule has 0 atom stereocenters. The van der Waals surface area contributed by atoms with Gasteiger partial charge in [-0.2, -0.15) is 0 Å². The second-order valence-corrected chi connectivity index (χ2v) is 14.6. The molecule has 2 amide bonds. The first kappa shape index (κ1) is 37.5. The molecule has 0 saturated carbocycles. The zero-order valence-corrected chi connectivity index (χ0v) is 33.8. The van der Waals surface area contributed by atoms with Gasteiger partial charge in [-0.25, -0.2) is 0 Å². The number of ether oxygens (including phenoxy) is 3. The zero-order chi connectivity index (χ0) is 29.8. The molecule has 2 aromatic rings. The lowest BCUT2D eigenvalue weighted by atomic mass is 10.0. The van der Waals surface area contributed by atoms with Crippen molar-refractivity contribution in [3.8, 4) is 16.9 Å². The smallest absolute Gasteiger partial charge is 0.258 e. The lowest BCUT2D eigenvalue weighted by Gasteiger charge is -2.27. The molecular formula is C24H26I6N2O8. The van der Waals surface area contributed by atoms with E-state index in [4.69, 9.17) is 24.4 Å². The first-order valence-electron chi connectivity index (χ1n) is 11.6. The van der Waals surface area contributed by atoms with Crippen LogP contribution in [0.1, 0.15) is 0 Å². The monoisotopic (exact) mass is 1230 g/mol. The number of rotatable bonds is 16. The van der Waals surface area contributed by atoms with E-state index in [9.17, 15) is 14.7 Å². The van der Waals surface area contributed by atoms with Gasteiger partial charge in [0.2, 0.25) is 0 Å². The number of benzene rings is 2. The molecule has 0 radical (unpaired) electrons. The van der Waals surface area contributed by atoms with Crippen LogP contribution in [-0.4, -0.2) is 93.1 Å². The van der Waals surface area contributed by atoms with Gasteiger partial charge >= 0.3 is 0 Å². The molecular weight excluding hydrogens is 1210 g/mol. The minimum absolute atomic E-state index is 0.0716. The first-order chi connectivity index (χ1) is 19.1. The van der Waals surface area contributed by atoms with Gasteiger partial charge in [0.05, 0.1) is 52.5 Å². The molecule has 0 aliphatic heterocycles. The highest BCUT2D eigenvalue weighted by molar-refractivity contribution is 14.1. The molecule has 0 spiro atoms. The summed E-state index contributed by atoms with van der Waals surface area (Å²) < 4.78 is 21.8. The number of halogens is 6. The Hall–Kier alpha value is 1.36. The zero-order valence-electron chi connectivity index (χ0n) is 20.8. The van der Waals surface area contributed by atoms with Gasteiger partial charge in [0, 0.05) is 38.5 Å². The van der Waals surface area contributed by atoms with Crippen LogP contribution >= 0.6 is 136 Å². The number of amides is 2. The van der Waals surface area contributed by atoms with Gasteiger partial charge < -0.3 is 39.7 Å². The minimum Gasteiger partial charge on any atom is -0.482 e. The minimum atomic E-state index is -0.653. The van der Waals surface area contributed by atoms with E-state index < -0.39 is 12.5 Å². The molecule has 10 nitrogen and oxygen atoms in total. The van der Waals surface area contributed by atoms with Crippen LogP contribution in [0.25, 0.3) is 11.1 Å². The molecule has 40 heavy (non-hydrogen) atoms. The average molecular weight is 1230 g/mol. The molecule has 0 aliphatic carbocycles. The van der Waals surface area contributed by atoms with Gasteiger partial charge in [0.15, 0.2) is 6.61 Å². The fourth-order valence-corrected chi connectivity index (χ4v) is 12.1. The fourth-order valence-electron chi connectivity index (χ4n) is 3.38. The Morgan fingerprint density at radius 3 is 1.95 bits per heavy atom. The van der Waals surface area contributed by atoms with E-state index in [-0.39, 0.29) is 52.1 Å². The Morgan fingerprint density at radius 2 is 1.35 bits per heavy atom. The van der Waals surface area contributed by atoms with Crippen molar-refractivity contribution >= 4 is 153 Å². The highest BCUT2D eigenvalue weighted by atomic mass is 127. The van der Waals surface area contributed by atoms with E-state index in [1.54, 1.807) is 0 Å².